The van der Waals surface area contributed by atoms with Gasteiger partial charge in [-0.05, 0) is 75.6 Å². The van der Waals surface area contributed by atoms with Crippen molar-refractivity contribution in [3.05, 3.63) is 57.6 Å². The van der Waals surface area contributed by atoms with Gasteiger partial charge in [-0.2, -0.15) is 0 Å². The topological polar surface area (TPSA) is 58.6 Å². The van der Waals surface area contributed by atoms with Crippen LogP contribution >= 0.6 is 7.82 Å². The predicted octanol–water partition coefficient (Wildman–Crippen LogP) is 4.01. The summed E-state index contributed by atoms with van der Waals surface area (Å²) < 4.78 is 23.9. The molecule has 1 heterocycles. The maximum absolute atomic E-state index is 12.9. The second kappa shape index (κ2) is 10.0. The Morgan fingerprint density at radius 3 is 1.29 bits per heavy atom. The fourth-order valence-electron chi connectivity index (χ4n) is 4.22. The third-order valence-corrected chi connectivity index (χ3v) is 6.67. The van der Waals surface area contributed by atoms with E-state index in [2.05, 4.69) is 39.8 Å². The third-order valence-electron chi connectivity index (χ3n) is 5.83. The zero-order valence-corrected chi connectivity index (χ0v) is 23.3. The molecule has 0 aromatic heterocycles. The van der Waals surface area contributed by atoms with E-state index in [0.717, 1.165) is 22.3 Å². The third kappa shape index (κ3) is 5.78. The van der Waals surface area contributed by atoms with Gasteiger partial charge < -0.3 is 13.9 Å². The zero-order chi connectivity index (χ0) is 22.4. The molecular weight excluding hydrogens is 418 g/mol. The second-order valence-electron chi connectivity index (χ2n) is 9.60. The standard InChI is InChI=1S/C25H35O4P.Na/c1-14(2)20-12-22(16(5)6)24-10-18(20)9-19-11-25(29-30(26,27)28-24)23(17(7)8)13-21(19)15(3)4;/h10-17H,9H2,1-8H3,(H,26,27);/q;+1/p-1. The van der Waals surface area contributed by atoms with E-state index in [1.165, 1.54) is 11.1 Å². The number of benzene rings is 2. The molecule has 0 amide bonds. The molecule has 0 unspecified atom stereocenters. The molecule has 0 spiro atoms. The zero-order valence-electron chi connectivity index (χ0n) is 20.4. The van der Waals surface area contributed by atoms with Crippen LogP contribution in [0.15, 0.2) is 24.3 Å². The van der Waals surface area contributed by atoms with Gasteiger partial charge in [0, 0.05) is 0 Å². The van der Waals surface area contributed by atoms with Crippen molar-refractivity contribution in [1.29, 1.82) is 0 Å². The molecule has 0 fully saturated rings. The van der Waals surface area contributed by atoms with Gasteiger partial charge in [-0.15, -0.1) is 0 Å². The molecule has 0 aliphatic carbocycles. The number of fused-ring (bicyclic) bond motifs is 4. The molecule has 0 atom stereocenters. The summed E-state index contributed by atoms with van der Waals surface area (Å²) in [7, 11) is -4.59. The molecule has 1 aliphatic heterocycles. The molecule has 4 nitrogen and oxygen atoms in total. The van der Waals surface area contributed by atoms with Crippen LogP contribution in [0.25, 0.3) is 0 Å². The van der Waals surface area contributed by atoms with Crippen LogP contribution < -0.4 is 43.5 Å². The van der Waals surface area contributed by atoms with E-state index in [9.17, 15) is 9.46 Å². The van der Waals surface area contributed by atoms with Crippen molar-refractivity contribution in [2.75, 3.05) is 0 Å². The molecule has 4 bridgehead atoms. The van der Waals surface area contributed by atoms with Crippen molar-refractivity contribution < 1.29 is 48.1 Å². The van der Waals surface area contributed by atoms with E-state index in [4.69, 9.17) is 9.05 Å². The summed E-state index contributed by atoms with van der Waals surface area (Å²) in [6.07, 6.45) is 0.716. The number of hydrogen-bond donors (Lipinski definition) is 0. The van der Waals surface area contributed by atoms with Gasteiger partial charge in [0.25, 0.3) is 0 Å². The van der Waals surface area contributed by atoms with E-state index < -0.39 is 7.82 Å². The van der Waals surface area contributed by atoms with Crippen LogP contribution in [0.5, 0.6) is 11.5 Å². The molecular formula is C25H34NaO4P. The number of rotatable bonds is 4. The molecule has 31 heavy (non-hydrogen) atoms. The molecule has 0 radical (unpaired) electrons. The van der Waals surface area contributed by atoms with Gasteiger partial charge in [0.2, 0.25) is 0 Å². The molecule has 3 rings (SSSR count). The first-order chi connectivity index (χ1) is 13.9. The smallest absolute Gasteiger partial charge is 0.736 e. The Morgan fingerprint density at radius 1 is 0.677 bits per heavy atom. The predicted molar refractivity (Wildman–Crippen MR) is 121 cm³/mol. The summed E-state index contributed by atoms with van der Waals surface area (Å²) in [6.45, 7) is 16.9. The normalized spacial score (nSPS) is 15.0. The van der Waals surface area contributed by atoms with Gasteiger partial charge in [0.05, 0.1) is 0 Å². The summed E-state index contributed by atoms with van der Waals surface area (Å²) in [5.41, 5.74) is 6.46. The average Bonchev–Trinajstić information content (AvgIpc) is 2.59. The van der Waals surface area contributed by atoms with Gasteiger partial charge in [0.1, 0.15) is 11.5 Å². The maximum atomic E-state index is 12.9. The minimum Gasteiger partial charge on any atom is -0.736 e. The van der Waals surface area contributed by atoms with Crippen LogP contribution in [0.2, 0.25) is 0 Å². The van der Waals surface area contributed by atoms with Crippen LogP contribution in [0.4, 0.5) is 0 Å². The second-order valence-corrected chi connectivity index (χ2v) is 10.9. The molecule has 0 saturated carbocycles. The minimum atomic E-state index is -4.59. The van der Waals surface area contributed by atoms with Crippen LogP contribution in [-0.4, -0.2) is 0 Å². The van der Waals surface area contributed by atoms with Gasteiger partial charge in [-0.1, -0.05) is 67.5 Å². The van der Waals surface area contributed by atoms with E-state index in [0.29, 0.717) is 29.8 Å². The first-order valence-electron chi connectivity index (χ1n) is 10.9. The Hall–Kier alpha value is -0.770. The minimum absolute atomic E-state index is 0. The first kappa shape index (κ1) is 26.5. The van der Waals surface area contributed by atoms with E-state index in [1.54, 1.807) is 0 Å². The molecule has 0 saturated heterocycles. The molecule has 2 aromatic rings. The van der Waals surface area contributed by atoms with Crippen LogP contribution in [0.1, 0.15) is 112 Å². The Morgan fingerprint density at radius 2 is 1.00 bits per heavy atom. The summed E-state index contributed by atoms with van der Waals surface area (Å²) in [5.74, 6) is 1.66. The van der Waals surface area contributed by atoms with Crippen LogP contribution in [0, 0.1) is 0 Å². The summed E-state index contributed by atoms with van der Waals surface area (Å²) in [5, 5.41) is 0. The van der Waals surface area contributed by atoms with Crippen LogP contribution in [0.3, 0.4) is 0 Å². The molecule has 0 N–H and O–H groups in total. The fourth-order valence-corrected chi connectivity index (χ4v) is 5.05. The molecule has 2 aromatic carbocycles. The van der Waals surface area contributed by atoms with E-state index in [-0.39, 0.29) is 41.4 Å². The summed E-state index contributed by atoms with van der Waals surface area (Å²) >= 11 is 0. The largest absolute Gasteiger partial charge is 1.00 e. The van der Waals surface area contributed by atoms with Crippen molar-refractivity contribution in [2.24, 2.45) is 0 Å². The van der Waals surface area contributed by atoms with Crippen LogP contribution in [-0.2, 0) is 11.0 Å². The number of phosphoric ester groups is 1. The molecule has 1 aliphatic rings. The average molecular weight is 453 g/mol. The first-order valence-corrected chi connectivity index (χ1v) is 12.4. The van der Waals surface area contributed by atoms with Gasteiger partial charge in [0.15, 0.2) is 0 Å². The van der Waals surface area contributed by atoms with Gasteiger partial charge in [-0.3, -0.25) is 0 Å². The quantitative estimate of drug-likeness (QED) is 0.520. The van der Waals surface area contributed by atoms with Crippen molar-refractivity contribution >= 4 is 7.82 Å². The van der Waals surface area contributed by atoms with E-state index >= 15 is 0 Å². The summed E-state index contributed by atoms with van der Waals surface area (Å²) in [6, 6.07) is 8.04. The molecule has 6 heteroatoms. The monoisotopic (exact) mass is 452 g/mol. The Balaban J connectivity index is 0.00000341. The van der Waals surface area contributed by atoms with Gasteiger partial charge >= 0.3 is 37.4 Å². The Kier molecular flexibility index (Phi) is 8.55. The van der Waals surface area contributed by atoms with Gasteiger partial charge in [-0.25, -0.2) is 4.57 Å². The maximum Gasteiger partial charge on any atom is 1.00 e. The van der Waals surface area contributed by atoms with Crippen molar-refractivity contribution in [3.8, 4) is 11.5 Å². The van der Waals surface area contributed by atoms with Crippen molar-refractivity contribution in [3.63, 3.8) is 0 Å². The Labute approximate surface area is 209 Å². The summed E-state index contributed by atoms with van der Waals surface area (Å²) in [4.78, 5) is 12.9. The van der Waals surface area contributed by atoms with Crippen molar-refractivity contribution in [1.82, 2.24) is 0 Å². The van der Waals surface area contributed by atoms with E-state index in [1.807, 2.05) is 39.8 Å². The fraction of sp³-hybridized carbons (Fsp3) is 0.520. The number of phosphoric acid groups is 1. The Bertz CT molecular complexity index is 920. The number of hydrogen-bond acceptors (Lipinski definition) is 4. The van der Waals surface area contributed by atoms with Crippen molar-refractivity contribution in [2.45, 2.75) is 85.5 Å². The molecule has 164 valence electrons. The SMILES string of the molecule is CC(C)c1cc(C(C)C)c2cc1Cc1cc(c(C(C)C)cc1C(C)C)OP(=O)([O-])O2.[Na+].